The second-order valence-corrected chi connectivity index (χ2v) is 13.5. The van der Waals surface area contributed by atoms with Crippen LogP contribution in [-0.4, -0.2) is 32.8 Å². The van der Waals surface area contributed by atoms with Gasteiger partial charge in [0.2, 0.25) is 0 Å². The minimum absolute atomic E-state index is 0.0870. The van der Waals surface area contributed by atoms with Crippen LogP contribution in [0, 0.1) is 36.5 Å². The lowest BCUT2D eigenvalue weighted by atomic mass is 9.80. The fraction of sp³-hybridized carbons (Fsp3) is 0.450. The summed E-state index contributed by atoms with van der Waals surface area (Å²) in [6, 6.07) is 16.4. The van der Waals surface area contributed by atoms with Gasteiger partial charge in [-0.1, -0.05) is 18.2 Å². The molecule has 0 saturated carbocycles. The van der Waals surface area contributed by atoms with Crippen LogP contribution in [0.2, 0.25) is 0 Å². The lowest BCUT2D eigenvalue weighted by molar-refractivity contribution is -0.0411. The second kappa shape index (κ2) is 14.3. The SMILES string of the molecule is Cc1cc(C#N)ccc1C1=CCCc2c1cnn2C1CCCCO1.Cc1cc(C#N)ccc1C1CCCc2nn(C3CCCCO3)cc21. The van der Waals surface area contributed by atoms with E-state index in [1.54, 1.807) is 0 Å². The van der Waals surface area contributed by atoms with Crippen molar-refractivity contribution >= 4 is 5.57 Å². The van der Waals surface area contributed by atoms with Crippen molar-refractivity contribution in [1.82, 2.24) is 19.6 Å². The standard InChI is InChI=1S/C20H23N3O.C20H21N3O/c1-14-11-15(12-21)8-9-16(14)17-5-4-6-19-18(17)13-23(22-19)20-7-2-3-10-24-20;1-14-11-15(12-21)8-9-16(14)17-5-4-6-19-18(17)13-22-23(19)20-7-2-3-10-24-20/h8-9,11,13,17,20H,2-7,10H2,1H3;5,8-9,11,13,20H,2-4,6-7,10H2,1H3. The van der Waals surface area contributed by atoms with Gasteiger partial charge in [0.15, 0.2) is 0 Å². The molecule has 2 saturated heterocycles. The van der Waals surface area contributed by atoms with Crippen LogP contribution in [0.1, 0.15) is 132 Å². The van der Waals surface area contributed by atoms with Crippen LogP contribution in [0.5, 0.6) is 0 Å². The van der Waals surface area contributed by atoms with E-state index in [1.165, 1.54) is 64.0 Å². The molecule has 8 rings (SSSR count). The fourth-order valence-electron chi connectivity index (χ4n) is 7.88. The summed E-state index contributed by atoms with van der Waals surface area (Å²) < 4.78 is 16.0. The number of ether oxygens (including phenoxy) is 2. The van der Waals surface area contributed by atoms with Crippen molar-refractivity contribution in [2.24, 2.45) is 0 Å². The van der Waals surface area contributed by atoms with E-state index in [9.17, 15) is 0 Å². The normalized spacial score (nSPS) is 21.8. The molecule has 3 atom stereocenters. The average molecular weight is 641 g/mol. The molecule has 246 valence electrons. The molecular formula is C40H44N6O2. The molecule has 2 aliphatic carbocycles. The van der Waals surface area contributed by atoms with E-state index < -0.39 is 0 Å². The van der Waals surface area contributed by atoms with E-state index in [2.05, 4.69) is 64.9 Å². The Labute approximate surface area is 283 Å². The summed E-state index contributed by atoms with van der Waals surface area (Å²) in [5.41, 5.74) is 12.6. The number of nitrogens with zero attached hydrogens (tertiary/aromatic N) is 6. The van der Waals surface area contributed by atoms with Crippen molar-refractivity contribution in [2.45, 2.75) is 103 Å². The number of allylic oxidation sites excluding steroid dienone is 1. The predicted octanol–water partition coefficient (Wildman–Crippen LogP) is 8.37. The number of hydrogen-bond acceptors (Lipinski definition) is 6. The highest BCUT2D eigenvalue weighted by molar-refractivity contribution is 5.83. The number of benzene rings is 2. The molecule has 4 aromatic rings. The maximum atomic E-state index is 9.09. The maximum Gasteiger partial charge on any atom is 0.150 e. The van der Waals surface area contributed by atoms with Crippen LogP contribution in [0.3, 0.4) is 0 Å². The van der Waals surface area contributed by atoms with E-state index in [4.69, 9.17) is 25.1 Å². The minimum atomic E-state index is 0.0870. The molecular weight excluding hydrogens is 596 g/mol. The van der Waals surface area contributed by atoms with E-state index in [0.29, 0.717) is 11.5 Å². The van der Waals surface area contributed by atoms with E-state index in [0.717, 1.165) is 75.7 Å². The molecule has 0 bridgehead atoms. The zero-order valence-electron chi connectivity index (χ0n) is 28.1. The highest BCUT2D eigenvalue weighted by Gasteiger charge is 2.29. The lowest BCUT2D eigenvalue weighted by Crippen LogP contribution is -2.21. The molecule has 2 aromatic carbocycles. The first-order valence-corrected chi connectivity index (χ1v) is 17.6. The molecule has 2 aliphatic heterocycles. The first-order valence-electron chi connectivity index (χ1n) is 17.6. The van der Waals surface area contributed by atoms with E-state index in [-0.39, 0.29) is 12.5 Å². The topological polar surface area (TPSA) is 102 Å². The van der Waals surface area contributed by atoms with Crippen LogP contribution in [-0.2, 0) is 22.3 Å². The largest absolute Gasteiger partial charge is 0.357 e. The number of hydrogen-bond donors (Lipinski definition) is 0. The van der Waals surface area contributed by atoms with Crippen molar-refractivity contribution in [3.05, 3.63) is 111 Å². The van der Waals surface area contributed by atoms with E-state index >= 15 is 0 Å². The molecule has 8 heteroatoms. The van der Waals surface area contributed by atoms with Crippen molar-refractivity contribution < 1.29 is 9.47 Å². The third kappa shape index (κ3) is 6.48. The van der Waals surface area contributed by atoms with Crippen LogP contribution in [0.25, 0.3) is 5.57 Å². The third-order valence-electron chi connectivity index (χ3n) is 10.3. The van der Waals surface area contributed by atoms with Crippen LogP contribution < -0.4 is 0 Å². The Balaban J connectivity index is 0.000000152. The summed E-state index contributed by atoms with van der Waals surface area (Å²) in [5.74, 6) is 0.388. The Kier molecular flexibility index (Phi) is 9.57. The summed E-state index contributed by atoms with van der Waals surface area (Å²) in [5, 5.41) is 27.7. The maximum absolute atomic E-state index is 9.09. The van der Waals surface area contributed by atoms with Crippen molar-refractivity contribution in [2.75, 3.05) is 13.2 Å². The van der Waals surface area contributed by atoms with Gasteiger partial charge in [-0.2, -0.15) is 20.7 Å². The Bertz CT molecular complexity index is 1890. The smallest absolute Gasteiger partial charge is 0.150 e. The van der Waals surface area contributed by atoms with Gasteiger partial charge < -0.3 is 9.47 Å². The monoisotopic (exact) mass is 640 g/mol. The summed E-state index contributed by atoms with van der Waals surface area (Å²) in [6.45, 7) is 5.85. The minimum Gasteiger partial charge on any atom is -0.357 e. The highest BCUT2D eigenvalue weighted by atomic mass is 16.5. The molecule has 0 N–H and O–H groups in total. The summed E-state index contributed by atoms with van der Waals surface area (Å²) in [4.78, 5) is 0. The highest BCUT2D eigenvalue weighted by Crippen LogP contribution is 2.39. The molecule has 8 nitrogen and oxygen atoms in total. The Morgan fingerprint density at radius 1 is 0.771 bits per heavy atom. The molecule has 0 spiro atoms. The molecule has 48 heavy (non-hydrogen) atoms. The van der Waals surface area contributed by atoms with Gasteiger partial charge in [0.1, 0.15) is 12.5 Å². The zero-order valence-corrected chi connectivity index (χ0v) is 28.1. The van der Waals surface area contributed by atoms with Gasteiger partial charge in [-0.15, -0.1) is 0 Å². The van der Waals surface area contributed by atoms with Gasteiger partial charge in [-0.25, -0.2) is 9.36 Å². The van der Waals surface area contributed by atoms with Gasteiger partial charge in [-0.3, -0.25) is 0 Å². The fourth-order valence-corrected chi connectivity index (χ4v) is 7.88. The lowest BCUT2D eigenvalue weighted by Gasteiger charge is -2.26. The summed E-state index contributed by atoms with van der Waals surface area (Å²) in [7, 11) is 0. The van der Waals surface area contributed by atoms with Gasteiger partial charge in [0, 0.05) is 42.1 Å². The Morgan fingerprint density at radius 2 is 1.50 bits per heavy atom. The van der Waals surface area contributed by atoms with Gasteiger partial charge >= 0.3 is 0 Å². The average Bonchev–Trinajstić information content (AvgIpc) is 3.78. The first kappa shape index (κ1) is 32.1. The Morgan fingerprint density at radius 3 is 2.19 bits per heavy atom. The molecule has 0 radical (unpaired) electrons. The molecule has 2 aromatic heterocycles. The molecule has 0 amide bonds. The van der Waals surface area contributed by atoms with Crippen molar-refractivity contribution in [3.63, 3.8) is 0 Å². The van der Waals surface area contributed by atoms with Crippen molar-refractivity contribution in [3.8, 4) is 12.1 Å². The van der Waals surface area contributed by atoms with Crippen molar-refractivity contribution in [1.29, 1.82) is 10.5 Å². The second-order valence-electron chi connectivity index (χ2n) is 13.5. The Hall–Kier alpha value is -4.50. The molecule has 3 unspecified atom stereocenters. The van der Waals surface area contributed by atoms with Gasteiger partial charge in [0.25, 0.3) is 0 Å². The number of fused-ring (bicyclic) bond motifs is 2. The number of aromatic nitrogens is 4. The third-order valence-corrected chi connectivity index (χ3v) is 10.3. The summed E-state index contributed by atoms with van der Waals surface area (Å²) in [6.07, 6.45) is 18.9. The first-order chi connectivity index (χ1) is 23.5. The molecule has 4 heterocycles. The molecule has 4 aliphatic rings. The van der Waals surface area contributed by atoms with Crippen LogP contribution in [0.15, 0.2) is 54.9 Å². The number of rotatable bonds is 4. The summed E-state index contributed by atoms with van der Waals surface area (Å²) >= 11 is 0. The number of aryl methyl sites for hydroxylation is 3. The van der Waals surface area contributed by atoms with Crippen LogP contribution in [0.4, 0.5) is 0 Å². The molecule has 2 fully saturated rings. The van der Waals surface area contributed by atoms with Crippen LogP contribution >= 0.6 is 0 Å². The predicted molar refractivity (Wildman–Crippen MR) is 184 cm³/mol. The van der Waals surface area contributed by atoms with Gasteiger partial charge in [0.05, 0.1) is 35.2 Å². The number of nitriles is 2. The quantitative estimate of drug-likeness (QED) is 0.222. The van der Waals surface area contributed by atoms with E-state index in [1.807, 2.05) is 30.5 Å². The zero-order chi connectivity index (χ0) is 33.0. The van der Waals surface area contributed by atoms with Gasteiger partial charge in [-0.05, 0) is 137 Å².